The second-order valence-corrected chi connectivity index (χ2v) is 7.32. The summed E-state index contributed by atoms with van der Waals surface area (Å²) < 4.78 is 47.5. The van der Waals surface area contributed by atoms with E-state index in [0.717, 1.165) is 25.1 Å². The Morgan fingerprint density at radius 2 is 2.00 bits per heavy atom. The molecule has 0 aliphatic carbocycles. The van der Waals surface area contributed by atoms with Gasteiger partial charge in [-0.25, -0.2) is 8.42 Å². The molecular weight excluding hydrogens is 298 g/mol. The second kappa shape index (κ2) is 6.70. The average molecular weight is 318 g/mol. The molecule has 1 heterocycles. The fourth-order valence-corrected chi connectivity index (χ4v) is 3.29. The van der Waals surface area contributed by atoms with Gasteiger partial charge in [0, 0.05) is 17.8 Å². The Labute approximate surface area is 123 Å². The number of anilines is 1. The van der Waals surface area contributed by atoms with Crippen LogP contribution >= 0.6 is 0 Å². The zero-order chi connectivity index (χ0) is 15.5. The van der Waals surface area contributed by atoms with Crippen molar-refractivity contribution < 1.29 is 17.2 Å². The zero-order valence-corrected chi connectivity index (χ0v) is 12.7. The van der Waals surface area contributed by atoms with Gasteiger partial charge in [-0.05, 0) is 57.0 Å². The van der Waals surface area contributed by atoms with E-state index in [2.05, 4.69) is 10.6 Å². The summed E-state index contributed by atoms with van der Waals surface area (Å²) in [6.07, 6.45) is 3.33. The van der Waals surface area contributed by atoms with Gasteiger partial charge in [-0.3, -0.25) is 0 Å². The molecule has 0 saturated carbocycles. The van der Waals surface area contributed by atoms with E-state index < -0.39 is 15.6 Å². The number of sulfone groups is 1. The molecule has 2 atom stereocenters. The molecular formula is C14H20F2N2O2S. The molecule has 7 heteroatoms. The monoisotopic (exact) mass is 318 g/mol. The molecule has 0 radical (unpaired) electrons. The molecule has 1 fully saturated rings. The lowest BCUT2D eigenvalue weighted by atomic mass is 10.1. The van der Waals surface area contributed by atoms with E-state index in [1.807, 2.05) is 6.92 Å². The van der Waals surface area contributed by atoms with Gasteiger partial charge in [0.2, 0.25) is 9.84 Å². The predicted molar refractivity (Wildman–Crippen MR) is 78.4 cm³/mol. The molecule has 1 aliphatic rings. The van der Waals surface area contributed by atoms with Gasteiger partial charge >= 0.3 is 5.76 Å². The third kappa shape index (κ3) is 4.14. The maximum atomic E-state index is 12.4. The number of alkyl halides is 2. The van der Waals surface area contributed by atoms with Crippen LogP contribution in [0.15, 0.2) is 29.2 Å². The van der Waals surface area contributed by atoms with Gasteiger partial charge in [-0.15, -0.1) is 0 Å². The minimum atomic E-state index is -4.51. The molecule has 2 unspecified atom stereocenters. The van der Waals surface area contributed by atoms with Crippen molar-refractivity contribution in [2.75, 3.05) is 11.9 Å². The molecule has 118 valence electrons. The molecule has 0 spiro atoms. The largest absolute Gasteiger partial charge is 0.383 e. The van der Waals surface area contributed by atoms with Gasteiger partial charge in [0.15, 0.2) is 0 Å². The summed E-state index contributed by atoms with van der Waals surface area (Å²) in [5.74, 6) is -3.39. The van der Waals surface area contributed by atoms with Crippen molar-refractivity contribution in [3.05, 3.63) is 24.3 Å². The molecule has 0 amide bonds. The van der Waals surface area contributed by atoms with E-state index >= 15 is 0 Å². The maximum Gasteiger partial charge on any atom is 0.341 e. The van der Waals surface area contributed by atoms with Crippen LogP contribution in [0.5, 0.6) is 0 Å². The van der Waals surface area contributed by atoms with Crippen molar-refractivity contribution in [2.45, 2.75) is 48.9 Å². The van der Waals surface area contributed by atoms with Gasteiger partial charge in [0.25, 0.3) is 0 Å². The van der Waals surface area contributed by atoms with Crippen LogP contribution in [-0.2, 0) is 9.84 Å². The Balaban J connectivity index is 1.96. The van der Waals surface area contributed by atoms with Gasteiger partial charge in [0.05, 0.1) is 4.90 Å². The summed E-state index contributed by atoms with van der Waals surface area (Å²) in [5.41, 5.74) is 0.730. The standard InChI is InChI=1S/C14H20F2N2O2S/c1-10(9-12-3-2-8-17-12)18-11-4-6-13(7-5-11)21(19,20)14(15)16/h4-7,10,12,14,17-18H,2-3,8-9H2,1H3. The number of benzene rings is 1. The number of rotatable bonds is 6. The van der Waals surface area contributed by atoms with Crippen LogP contribution in [0.25, 0.3) is 0 Å². The summed E-state index contributed by atoms with van der Waals surface area (Å²) in [6, 6.07) is 6.19. The lowest BCUT2D eigenvalue weighted by molar-refractivity contribution is 0.234. The first kappa shape index (κ1) is 16.2. The van der Waals surface area contributed by atoms with E-state index in [1.165, 1.54) is 30.7 Å². The van der Waals surface area contributed by atoms with Crippen LogP contribution in [-0.4, -0.2) is 32.8 Å². The summed E-state index contributed by atoms with van der Waals surface area (Å²) >= 11 is 0. The van der Waals surface area contributed by atoms with Crippen LogP contribution in [0.2, 0.25) is 0 Å². The van der Waals surface area contributed by atoms with E-state index in [9.17, 15) is 17.2 Å². The van der Waals surface area contributed by atoms with Crippen molar-refractivity contribution >= 4 is 15.5 Å². The number of hydrogen-bond donors (Lipinski definition) is 2. The third-order valence-electron chi connectivity index (χ3n) is 3.63. The first-order valence-corrected chi connectivity index (χ1v) is 8.56. The van der Waals surface area contributed by atoms with Crippen molar-refractivity contribution in [1.82, 2.24) is 5.32 Å². The zero-order valence-electron chi connectivity index (χ0n) is 11.9. The van der Waals surface area contributed by atoms with Crippen LogP contribution in [0.3, 0.4) is 0 Å². The Kier molecular flexibility index (Phi) is 5.16. The minimum Gasteiger partial charge on any atom is -0.383 e. The Morgan fingerprint density at radius 3 is 2.52 bits per heavy atom. The number of halogens is 2. The smallest absolute Gasteiger partial charge is 0.341 e. The number of nitrogens with one attached hydrogen (secondary N) is 2. The highest BCUT2D eigenvalue weighted by atomic mass is 32.2. The van der Waals surface area contributed by atoms with E-state index in [0.29, 0.717) is 6.04 Å². The second-order valence-electron chi connectivity index (χ2n) is 5.40. The molecule has 21 heavy (non-hydrogen) atoms. The summed E-state index contributed by atoms with van der Waals surface area (Å²) in [7, 11) is -4.51. The SMILES string of the molecule is CC(CC1CCCN1)Nc1ccc(S(=O)(=O)C(F)F)cc1. The Morgan fingerprint density at radius 1 is 1.33 bits per heavy atom. The van der Waals surface area contributed by atoms with E-state index in [4.69, 9.17) is 0 Å². The molecule has 1 aromatic carbocycles. The summed E-state index contributed by atoms with van der Waals surface area (Å²) in [6.45, 7) is 3.10. The first-order chi connectivity index (χ1) is 9.89. The van der Waals surface area contributed by atoms with Crippen molar-refractivity contribution in [1.29, 1.82) is 0 Å². The number of hydrogen-bond acceptors (Lipinski definition) is 4. The minimum absolute atomic E-state index is 0.221. The molecule has 2 N–H and O–H groups in total. The highest BCUT2D eigenvalue weighted by Gasteiger charge is 2.26. The Hall–Kier alpha value is -1.21. The van der Waals surface area contributed by atoms with Gasteiger partial charge < -0.3 is 10.6 Å². The molecule has 1 aliphatic heterocycles. The van der Waals surface area contributed by atoms with Crippen LogP contribution in [0, 0.1) is 0 Å². The maximum absolute atomic E-state index is 12.4. The van der Waals surface area contributed by atoms with Crippen LogP contribution in [0.1, 0.15) is 26.2 Å². The topological polar surface area (TPSA) is 58.2 Å². The fourth-order valence-electron chi connectivity index (χ4n) is 2.57. The first-order valence-electron chi connectivity index (χ1n) is 7.01. The normalized spacial score (nSPS) is 20.7. The highest BCUT2D eigenvalue weighted by Crippen LogP contribution is 2.21. The highest BCUT2D eigenvalue weighted by molar-refractivity contribution is 7.91. The lowest BCUT2D eigenvalue weighted by Crippen LogP contribution is -2.29. The van der Waals surface area contributed by atoms with Gasteiger partial charge in [-0.1, -0.05) is 0 Å². The van der Waals surface area contributed by atoms with Gasteiger partial charge in [-0.2, -0.15) is 8.78 Å². The molecule has 1 saturated heterocycles. The molecule has 4 nitrogen and oxygen atoms in total. The fraction of sp³-hybridized carbons (Fsp3) is 0.571. The average Bonchev–Trinajstić information content (AvgIpc) is 2.91. The molecule has 0 bridgehead atoms. The molecule has 2 rings (SSSR count). The summed E-state index contributed by atoms with van der Waals surface area (Å²) in [5, 5.41) is 6.67. The van der Waals surface area contributed by atoms with Crippen molar-refractivity contribution in [3.8, 4) is 0 Å². The third-order valence-corrected chi connectivity index (χ3v) is 5.03. The van der Waals surface area contributed by atoms with Crippen LogP contribution < -0.4 is 10.6 Å². The summed E-state index contributed by atoms with van der Waals surface area (Å²) in [4.78, 5) is -0.354. The predicted octanol–water partition coefficient (Wildman–Crippen LogP) is 2.63. The quantitative estimate of drug-likeness (QED) is 0.846. The van der Waals surface area contributed by atoms with Crippen molar-refractivity contribution in [3.63, 3.8) is 0 Å². The van der Waals surface area contributed by atoms with E-state index in [1.54, 1.807) is 0 Å². The van der Waals surface area contributed by atoms with E-state index in [-0.39, 0.29) is 10.9 Å². The Bertz CT molecular complexity index is 555. The lowest BCUT2D eigenvalue weighted by Gasteiger charge is -2.19. The van der Waals surface area contributed by atoms with Crippen LogP contribution in [0.4, 0.5) is 14.5 Å². The van der Waals surface area contributed by atoms with Gasteiger partial charge in [0.1, 0.15) is 0 Å². The molecule has 0 aromatic heterocycles. The molecule has 1 aromatic rings. The van der Waals surface area contributed by atoms with Crippen molar-refractivity contribution in [2.24, 2.45) is 0 Å².